The lowest BCUT2D eigenvalue weighted by molar-refractivity contribution is 0.198. The van der Waals surface area contributed by atoms with Crippen LogP contribution in [0.3, 0.4) is 0 Å². The topological polar surface area (TPSA) is 26.0 Å². The summed E-state index contributed by atoms with van der Waals surface area (Å²) in [5.74, 6) is 0.616. The molecular formula is C7H13ClFN. The predicted molar refractivity (Wildman–Crippen MR) is 41.0 cm³/mol. The highest BCUT2D eigenvalue weighted by Crippen LogP contribution is 2.47. The highest BCUT2D eigenvalue weighted by Gasteiger charge is 2.49. The Morgan fingerprint density at radius 1 is 1.50 bits per heavy atom. The van der Waals surface area contributed by atoms with Crippen LogP contribution in [-0.2, 0) is 0 Å². The van der Waals surface area contributed by atoms with E-state index in [1.54, 1.807) is 0 Å². The fourth-order valence-corrected chi connectivity index (χ4v) is 2.23. The van der Waals surface area contributed by atoms with Crippen molar-refractivity contribution in [2.45, 2.75) is 37.4 Å². The minimum absolute atomic E-state index is 0. The molecule has 0 spiro atoms. The van der Waals surface area contributed by atoms with Crippen LogP contribution in [-0.4, -0.2) is 11.7 Å². The van der Waals surface area contributed by atoms with Crippen molar-refractivity contribution in [2.75, 3.05) is 0 Å². The normalized spacial score (nSPS) is 51.0. The van der Waals surface area contributed by atoms with Crippen LogP contribution in [0.1, 0.15) is 25.7 Å². The lowest BCUT2D eigenvalue weighted by atomic mass is 9.93. The molecule has 10 heavy (non-hydrogen) atoms. The molecular weight excluding hydrogens is 153 g/mol. The van der Waals surface area contributed by atoms with Gasteiger partial charge >= 0.3 is 0 Å². The second kappa shape index (κ2) is 2.35. The molecule has 0 amide bonds. The second-order valence-electron chi connectivity index (χ2n) is 3.55. The van der Waals surface area contributed by atoms with Gasteiger partial charge in [0.2, 0.25) is 0 Å². The van der Waals surface area contributed by atoms with E-state index in [4.69, 9.17) is 5.73 Å². The standard InChI is InChI=1S/C7H12FN.ClH/c8-6-3-5-1-2-7(6,9)4-5;/h5-6H,1-4,9H2;1H. The third-order valence-corrected chi connectivity index (χ3v) is 2.85. The van der Waals surface area contributed by atoms with Crippen LogP contribution in [0, 0.1) is 5.92 Å². The van der Waals surface area contributed by atoms with Crippen LogP contribution in [0.4, 0.5) is 4.39 Å². The Morgan fingerprint density at radius 3 is 2.40 bits per heavy atom. The van der Waals surface area contributed by atoms with Crippen molar-refractivity contribution >= 4 is 12.4 Å². The number of hydrogen-bond donors (Lipinski definition) is 1. The minimum atomic E-state index is -0.698. The van der Waals surface area contributed by atoms with Crippen molar-refractivity contribution in [3.63, 3.8) is 0 Å². The monoisotopic (exact) mass is 165 g/mol. The molecule has 1 nitrogen and oxygen atoms in total. The molecule has 60 valence electrons. The second-order valence-corrected chi connectivity index (χ2v) is 3.55. The Bertz CT molecular complexity index is 142. The quantitative estimate of drug-likeness (QED) is 0.581. The average Bonchev–Trinajstić information content (AvgIpc) is 2.22. The Hall–Kier alpha value is 0.180. The van der Waals surface area contributed by atoms with Gasteiger partial charge in [-0.3, -0.25) is 0 Å². The molecule has 0 aromatic carbocycles. The highest BCUT2D eigenvalue weighted by atomic mass is 35.5. The number of hydrogen-bond acceptors (Lipinski definition) is 1. The van der Waals surface area contributed by atoms with Crippen molar-refractivity contribution in [1.82, 2.24) is 0 Å². The summed E-state index contributed by atoms with van der Waals surface area (Å²) < 4.78 is 12.9. The van der Waals surface area contributed by atoms with Gasteiger partial charge in [0.05, 0.1) is 0 Å². The van der Waals surface area contributed by atoms with E-state index in [-0.39, 0.29) is 12.4 Å². The lowest BCUT2D eigenvalue weighted by Crippen LogP contribution is -2.43. The summed E-state index contributed by atoms with van der Waals surface area (Å²) >= 11 is 0. The van der Waals surface area contributed by atoms with Crippen molar-refractivity contribution < 1.29 is 4.39 Å². The molecule has 0 aromatic heterocycles. The fraction of sp³-hybridized carbons (Fsp3) is 1.00. The summed E-state index contributed by atoms with van der Waals surface area (Å²) in [7, 11) is 0. The van der Waals surface area contributed by atoms with Gasteiger partial charge < -0.3 is 5.73 Å². The average molecular weight is 166 g/mol. The third kappa shape index (κ3) is 0.940. The summed E-state index contributed by atoms with van der Waals surface area (Å²) in [6.07, 6.45) is 3.05. The van der Waals surface area contributed by atoms with E-state index in [9.17, 15) is 4.39 Å². The molecule has 2 aliphatic carbocycles. The smallest absolute Gasteiger partial charge is 0.118 e. The fourth-order valence-electron chi connectivity index (χ4n) is 2.23. The number of rotatable bonds is 0. The molecule has 0 heterocycles. The minimum Gasteiger partial charge on any atom is -0.323 e. The van der Waals surface area contributed by atoms with Gasteiger partial charge in [-0.25, -0.2) is 4.39 Å². The van der Waals surface area contributed by atoms with Crippen LogP contribution in [0.5, 0.6) is 0 Å². The molecule has 2 rings (SSSR count). The lowest BCUT2D eigenvalue weighted by Gasteiger charge is -2.24. The molecule has 2 aliphatic rings. The predicted octanol–water partition coefficient (Wildman–Crippen LogP) is 1.65. The van der Waals surface area contributed by atoms with E-state index < -0.39 is 11.7 Å². The largest absolute Gasteiger partial charge is 0.323 e. The van der Waals surface area contributed by atoms with Crippen molar-refractivity contribution in [3.05, 3.63) is 0 Å². The Morgan fingerprint density at radius 2 is 2.20 bits per heavy atom. The first-order valence-corrected chi connectivity index (χ1v) is 3.64. The van der Waals surface area contributed by atoms with E-state index in [1.165, 1.54) is 0 Å². The van der Waals surface area contributed by atoms with E-state index in [1.807, 2.05) is 0 Å². The van der Waals surface area contributed by atoms with Crippen molar-refractivity contribution in [1.29, 1.82) is 0 Å². The summed E-state index contributed by atoms with van der Waals surface area (Å²) in [4.78, 5) is 0. The molecule has 3 heteroatoms. The first kappa shape index (κ1) is 8.28. The summed E-state index contributed by atoms with van der Waals surface area (Å²) in [6, 6.07) is 0. The van der Waals surface area contributed by atoms with E-state index in [2.05, 4.69) is 0 Å². The molecule has 0 radical (unpaired) electrons. The molecule has 2 N–H and O–H groups in total. The van der Waals surface area contributed by atoms with E-state index in [0.717, 1.165) is 25.7 Å². The molecule has 3 unspecified atom stereocenters. The summed E-state index contributed by atoms with van der Waals surface area (Å²) in [5, 5.41) is 0. The van der Waals surface area contributed by atoms with Gasteiger partial charge in [-0.1, -0.05) is 0 Å². The maximum atomic E-state index is 12.9. The van der Waals surface area contributed by atoms with Gasteiger partial charge in [0.1, 0.15) is 6.17 Å². The zero-order valence-electron chi connectivity index (χ0n) is 5.85. The Labute approximate surface area is 66.6 Å². The first-order valence-electron chi connectivity index (χ1n) is 3.64. The maximum absolute atomic E-state index is 12.9. The van der Waals surface area contributed by atoms with Gasteiger partial charge in [-0.2, -0.15) is 0 Å². The van der Waals surface area contributed by atoms with Crippen molar-refractivity contribution in [2.24, 2.45) is 11.7 Å². The Balaban J connectivity index is 0.000000500. The molecule has 0 saturated heterocycles. The zero-order valence-corrected chi connectivity index (χ0v) is 6.66. The first-order chi connectivity index (χ1) is 4.21. The molecule has 0 aliphatic heterocycles. The van der Waals surface area contributed by atoms with Gasteiger partial charge in [0, 0.05) is 5.54 Å². The molecule has 2 fully saturated rings. The SMILES string of the molecule is Cl.NC12CCC(CC1F)C2. The molecule has 2 bridgehead atoms. The number of fused-ring (bicyclic) bond motifs is 2. The third-order valence-electron chi connectivity index (χ3n) is 2.85. The van der Waals surface area contributed by atoms with Gasteiger partial charge in [0.15, 0.2) is 0 Å². The van der Waals surface area contributed by atoms with E-state index in [0.29, 0.717) is 5.92 Å². The van der Waals surface area contributed by atoms with Crippen LogP contribution < -0.4 is 5.73 Å². The highest BCUT2D eigenvalue weighted by molar-refractivity contribution is 5.85. The number of halogens is 2. The molecule has 0 aromatic rings. The number of alkyl halides is 1. The van der Waals surface area contributed by atoms with Crippen molar-refractivity contribution in [3.8, 4) is 0 Å². The number of nitrogens with two attached hydrogens (primary N) is 1. The molecule has 3 atom stereocenters. The van der Waals surface area contributed by atoms with Gasteiger partial charge in [0.25, 0.3) is 0 Å². The van der Waals surface area contributed by atoms with Crippen LogP contribution in [0.2, 0.25) is 0 Å². The summed E-state index contributed by atoms with van der Waals surface area (Å²) in [6.45, 7) is 0. The van der Waals surface area contributed by atoms with Crippen LogP contribution in [0.15, 0.2) is 0 Å². The molecule has 2 saturated carbocycles. The van der Waals surface area contributed by atoms with Gasteiger partial charge in [-0.15, -0.1) is 12.4 Å². The van der Waals surface area contributed by atoms with Crippen LogP contribution in [0.25, 0.3) is 0 Å². The Kier molecular flexibility index (Phi) is 1.94. The van der Waals surface area contributed by atoms with Crippen LogP contribution >= 0.6 is 12.4 Å². The summed E-state index contributed by atoms with van der Waals surface area (Å²) in [5.41, 5.74) is 5.37. The maximum Gasteiger partial charge on any atom is 0.118 e. The van der Waals surface area contributed by atoms with E-state index >= 15 is 0 Å². The zero-order chi connectivity index (χ0) is 6.48. The van der Waals surface area contributed by atoms with Gasteiger partial charge in [-0.05, 0) is 31.6 Å².